The zero-order valence-electron chi connectivity index (χ0n) is 17.5. The van der Waals surface area contributed by atoms with E-state index in [9.17, 15) is 9.59 Å². The van der Waals surface area contributed by atoms with Crippen molar-refractivity contribution in [2.75, 3.05) is 13.1 Å². The number of H-pyrrole nitrogens is 1. The third-order valence-electron chi connectivity index (χ3n) is 6.97. The molecule has 8 heteroatoms. The number of aromatic amines is 1. The lowest BCUT2D eigenvalue weighted by Gasteiger charge is -2.36. The van der Waals surface area contributed by atoms with Crippen molar-refractivity contribution in [2.24, 2.45) is 5.41 Å². The molecule has 8 nitrogen and oxygen atoms in total. The molecule has 4 heterocycles. The predicted octanol–water partition coefficient (Wildman–Crippen LogP) is 3.15. The van der Waals surface area contributed by atoms with Gasteiger partial charge in [0, 0.05) is 24.9 Å². The molecule has 1 amide bonds. The fourth-order valence-electron chi connectivity index (χ4n) is 5.18. The maximum absolute atomic E-state index is 13.1. The van der Waals surface area contributed by atoms with Crippen molar-refractivity contribution in [3.8, 4) is 0 Å². The summed E-state index contributed by atoms with van der Waals surface area (Å²) in [5.41, 5.74) is 2.85. The number of piperidine rings is 1. The molecule has 6 rings (SSSR count). The molecule has 0 aliphatic carbocycles. The summed E-state index contributed by atoms with van der Waals surface area (Å²) in [5.74, 6) is -0.155. The van der Waals surface area contributed by atoms with Crippen LogP contribution in [0.15, 0.2) is 55.0 Å². The molecule has 1 N–H and O–H groups in total. The molecule has 1 unspecified atom stereocenters. The number of aromatic nitrogens is 4. The third kappa shape index (κ3) is 2.97. The number of hydrogen-bond donors (Lipinski definition) is 1. The summed E-state index contributed by atoms with van der Waals surface area (Å²) in [5, 5.41) is 7.89. The fraction of sp³-hybridized carbons (Fsp3) is 0.333. The van der Waals surface area contributed by atoms with Crippen LogP contribution in [0.1, 0.15) is 29.6 Å². The Balaban J connectivity index is 1.15. The first kappa shape index (κ1) is 19.0. The van der Waals surface area contributed by atoms with Crippen molar-refractivity contribution in [3.63, 3.8) is 0 Å². The van der Waals surface area contributed by atoms with E-state index in [1.54, 1.807) is 12.5 Å². The normalized spacial score (nSPS) is 20.3. The zero-order chi connectivity index (χ0) is 21.7. The molecule has 2 fully saturated rings. The quantitative estimate of drug-likeness (QED) is 0.505. The van der Waals surface area contributed by atoms with Gasteiger partial charge >= 0.3 is 5.97 Å². The number of fused-ring (bicyclic) bond motifs is 2. The molecule has 2 saturated heterocycles. The molecule has 2 aromatic carbocycles. The Morgan fingerprint density at radius 1 is 1.16 bits per heavy atom. The molecular weight excluding hydrogens is 406 g/mol. The van der Waals surface area contributed by atoms with Crippen LogP contribution >= 0.6 is 0 Å². The molecule has 2 aliphatic heterocycles. The van der Waals surface area contributed by atoms with Gasteiger partial charge in [0.1, 0.15) is 6.10 Å². The first-order valence-corrected chi connectivity index (χ1v) is 11.0. The predicted molar refractivity (Wildman–Crippen MR) is 118 cm³/mol. The topological polar surface area (TPSA) is 93.1 Å². The van der Waals surface area contributed by atoms with Gasteiger partial charge in [0.05, 0.1) is 46.6 Å². The van der Waals surface area contributed by atoms with Crippen molar-refractivity contribution in [1.29, 1.82) is 0 Å². The highest BCUT2D eigenvalue weighted by atomic mass is 16.6. The number of nitrogens with zero attached hydrogens (tertiary/aromatic N) is 4. The number of ether oxygens (including phenoxy) is 1. The largest absolute Gasteiger partial charge is 0.460 e. The van der Waals surface area contributed by atoms with Crippen molar-refractivity contribution < 1.29 is 14.3 Å². The Hall–Kier alpha value is -3.68. The van der Waals surface area contributed by atoms with E-state index in [1.807, 2.05) is 47.4 Å². The monoisotopic (exact) mass is 429 g/mol. The third-order valence-corrected chi connectivity index (χ3v) is 6.97. The average molecular weight is 429 g/mol. The van der Waals surface area contributed by atoms with Crippen LogP contribution in [-0.4, -0.2) is 55.7 Å². The molecule has 1 spiro atoms. The smallest absolute Gasteiger partial charge is 0.312 e. The van der Waals surface area contributed by atoms with Crippen LogP contribution in [0, 0.1) is 5.41 Å². The van der Waals surface area contributed by atoms with Crippen LogP contribution in [0.2, 0.25) is 0 Å². The van der Waals surface area contributed by atoms with Crippen molar-refractivity contribution in [2.45, 2.75) is 31.9 Å². The van der Waals surface area contributed by atoms with Crippen LogP contribution in [0.25, 0.3) is 21.9 Å². The van der Waals surface area contributed by atoms with Crippen LogP contribution in [-0.2, 0) is 16.1 Å². The lowest BCUT2D eigenvalue weighted by molar-refractivity contribution is -0.150. The van der Waals surface area contributed by atoms with Crippen LogP contribution in [0.3, 0.4) is 0 Å². The number of carbonyl (C=O) groups excluding carboxylic acids is 2. The molecule has 4 aromatic rings. The summed E-state index contributed by atoms with van der Waals surface area (Å²) in [6.07, 6.45) is 5.27. The number of esters is 1. The van der Waals surface area contributed by atoms with Gasteiger partial charge < -0.3 is 14.2 Å². The van der Waals surface area contributed by atoms with Crippen LogP contribution in [0.5, 0.6) is 0 Å². The second-order valence-electron chi connectivity index (χ2n) is 8.83. The van der Waals surface area contributed by atoms with Gasteiger partial charge in [-0.25, -0.2) is 4.98 Å². The molecule has 0 saturated carbocycles. The Bertz CT molecular complexity index is 1330. The first-order chi connectivity index (χ1) is 15.6. The number of cyclic esters (lactones) is 1. The highest BCUT2D eigenvalue weighted by molar-refractivity contribution is 6.05. The molecule has 2 aromatic heterocycles. The summed E-state index contributed by atoms with van der Waals surface area (Å²) in [7, 11) is 0. The number of likely N-dealkylation sites (tertiary alicyclic amines) is 1. The van der Waals surface area contributed by atoms with Crippen molar-refractivity contribution in [3.05, 3.63) is 60.6 Å². The first-order valence-electron chi connectivity index (χ1n) is 11.0. The van der Waals surface area contributed by atoms with Crippen LogP contribution in [0.4, 0.5) is 0 Å². The van der Waals surface area contributed by atoms with Gasteiger partial charge in [0.15, 0.2) is 0 Å². The average Bonchev–Trinajstić information content (AvgIpc) is 3.52. The molecule has 1 atom stereocenters. The number of imidazole rings is 1. The second kappa shape index (κ2) is 7.19. The number of hydrogen-bond acceptors (Lipinski definition) is 5. The highest BCUT2D eigenvalue weighted by Gasteiger charge is 2.51. The highest BCUT2D eigenvalue weighted by Crippen LogP contribution is 2.44. The Labute approximate surface area is 184 Å². The van der Waals surface area contributed by atoms with E-state index in [2.05, 4.69) is 19.7 Å². The number of para-hydroxylation sites is 3. The number of carbonyl (C=O) groups is 2. The van der Waals surface area contributed by atoms with Gasteiger partial charge in [0.25, 0.3) is 5.91 Å². The van der Waals surface area contributed by atoms with E-state index in [0.29, 0.717) is 44.5 Å². The Morgan fingerprint density at radius 3 is 2.88 bits per heavy atom. The zero-order valence-corrected chi connectivity index (χ0v) is 17.5. The number of amides is 1. The van der Waals surface area contributed by atoms with Gasteiger partial charge in [0.2, 0.25) is 0 Å². The molecule has 32 heavy (non-hydrogen) atoms. The van der Waals surface area contributed by atoms with Gasteiger partial charge in [-0.1, -0.05) is 24.3 Å². The van der Waals surface area contributed by atoms with Crippen molar-refractivity contribution >= 4 is 33.8 Å². The minimum absolute atomic E-state index is 0.0255. The van der Waals surface area contributed by atoms with Gasteiger partial charge in [-0.2, -0.15) is 5.10 Å². The summed E-state index contributed by atoms with van der Waals surface area (Å²) >= 11 is 0. The number of nitrogens with one attached hydrogen (secondary N) is 1. The van der Waals surface area contributed by atoms with E-state index in [1.165, 1.54) is 0 Å². The SMILES string of the molecule is O=C(c1cccc2cn[nH]c12)N1CCC2(CC1)CC(Cn1cnc3ccccc31)OC2=O. The van der Waals surface area contributed by atoms with E-state index >= 15 is 0 Å². The van der Waals surface area contributed by atoms with E-state index in [0.717, 1.165) is 21.9 Å². The Kier molecular flexibility index (Phi) is 4.28. The maximum Gasteiger partial charge on any atom is 0.312 e. The standard InChI is InChI=1S/C24H23N5O3/c30-22(18-5-3-4-16-13-26-27-21(16)18)28-10-8-24(9-11-28)12-17(32-23(24)31)14-29-15-25-19-6-1-2-7-20(19)29/h1-7,13,15,17H,8-12,14H2,(H,26,27). The second-order valence-corrected chi connectivity index (χ2v) is 8.83. The molecule has 2 aliphatic rings. The van der Waals surface area contributed by atoms with E-state index in [4.69, 9.17) is 4.74 Å². The van der Waals surface area contributed by atoms with Crippen molar-refractivity contribution in [1.82, 2.24) is 24.6 Å². The maximum atomic E-state index is 13.1. The van der Waals surface area contributed by atoms with Gasteiger partial charge in [-0.3, -0.25) is 14.7 Å². The molecular formula is C24H23N5O3. The van der Waals surface area contributed by atoms with E-state index in [-0.39, 0.29) is 18.0 Å². The summed E-state index contributed by atoms with van der Waals surface area (Å²) in [6, 6.07) is 13.6. The summed E-state index contributed by atoms with van der Waals surface area (Å²) in [6.45, 7) is 1.68. The van der Waals surface area contributed by atoms with Crippen LogP contribution < -0.4 is 0 Å². The van der Waals surface area contributed by atoms with Gasteiger partial charge in [-0.05, 0) is 31.0 Å². The summed E-state index contributed by atoms with van der Waals surface area (Å²) < 4.78 is 7.85. The lowest BCUT2D eigenvalue weighted by Crippen LogP contribution is -2.45. The molecule has 0 radical (unpaired) electrons. The minimum atomic E-state index is -0.502. The minimum Gasteiger partial charge on any atom is -0.460 e. The number of benzene rings is 2. The number of rotatable bonds is 3. The fourth-order valence-corrected chi connectivity index (χ4v) is 5.18. The lowest BCUT2D eigenvalue weighted by atomic mass is 9.76. The molecule has 0 bridgehead atoms. The Morgan fingerprint density at radius 2 is 2.00 bits per heavy atom. The summed E-state index contributed by atoms with van der Waals surface area (Å²) in [4.78, 5) is 32.3. The van der Waals surface area contributed by atoms with Gasteiger partial charge in [-0.15, -0.1) is 0 Å². The van der Waals surface area contributed by atoms with E-state index < -0.39 is 5.41 Å². The molecule has 162 valence electrons.